The van der Waals surface area contributed by atoms with Gasteiger partial charge in [-0.25, -0.2) is 9.97 Å². The number of methoxy groups -OCH3 is 2. The molecule has 0 saturated heterocycles. The van der Waals surface area contributed by atoms with Gasteiger partial charge in [-0.05, 0) is 26.0 Å². The molecule has 0 aliphatic heterocycles. The van der Waals surface area contributed by atoms with Crippen molar-refractivity contribution >= 4 is 5.82 Å². The fourth-order valence-electron chi connectivity index (χ4n) is 1.78. The first-order valence-corrected chi connectivity index (χ1v) is 5.89. The second-order valence-corrected chi connectivity index (χ2v) is 4.23. The first kappa shape index (κ1) is 13.1. The Balaban J connectivity index is 2.61. The van der Waals surface area contributed by atoms with Gasteiger partial charge in [-0.1, -0.05) is 0 Å². The fourth-order valence-corrected chi connectivity index (χ4v) is 1.78. The summed E-state index contributed by atoms with van der Waals surface area (Å²) in [6.45, 7) is 3.79. The van der Waals surface area contributed by atoms with E-state index < -0.39 is 0 Å². The van der Waals surface area contributed by atoms with Gasteiger partial charge in [0.25, 0.3) is 0 Å². The number of aromatic nitrogens is 2. The molecule has 100 valence electrons. The first-order chi connectivity index (χ1) is 9.05. The number of ether oxygens (including phenoxy) is 2. The summed E-state index contributed by atoms with van der Waals surface area (Å²) in [4.78, 5) is 8.79. The van der Waals surface area contributed by atoms with E-state index in [0.29, 0.717) is 23.0 Å². The van der Waals surface area contributed by atoms with Gasteiger partial charge in [0.05, 0.1) is 25.6 Å². The van der Waals surface area contributed by atoms with E-state index >= 15 is 0 Å². The molecule has 1 aromatic heterocycles. The highest BCUT2D eigenvalue weighted by molar-refractivity contribution is 5.72. The van der Waals surface area contributed by atoms with Gasteiger partial charge in [-0.15, -0.1) is 0 Å². The third-order valence-electron chi connectivity index (χ3n) is 2.96. The molecule has 0 aliphatic rings. The number of nitrogens with two attached hydrogens (primary N) is 1. The van der Waals surface area contributed by atoms with E-state index in [9.17, 15) is 0 Å². The number of nitrogens with zero attached hydrogens (tertiary/aromatic N) is 2. The van der Waals surface area contributed by atoms with Crippen molar-refractivity contribution in [2.75, 3.05) is 20.0 Å². The fraction of sp³-hybridized carbons (Fsp3) is 0.286. The Labute approximate surface area is 112 Å². The van der Waals surface area contributed by atoms with Crippen molar-refractivity contribution < 1.29 is 9.47 Å². The molecule has 0 amide bonds. The molecule has 19 heavy (non-hydrogen) atoms. The molecule has 0 fully saturated rings. The second-order valence-electron chi connectivity index (χ2n) is 4.23. The van der Waals surface area contributed by atoms with Crippen molar-refractivity contribution in [3.8, 4) is 22.8 Å². The number of benzene rings is 1. The average molecular weight is 259 g/mol. The van der Waals surface area contributed by atoms with E-state index in [0.717, 1.165) is 17.0 Å². The molecule has 2 aromatic rings. The van der Waals surface area contributed by atoms with E-state index in [1.165, 1.54) is 0 Å². The smallest absolute Gasteiger partial charge is 0.150 e. The number of anilines is 1. The Hall–Kier alpha value is -2.30. The quantitative estimate of drug-likeness (QED) is 0.916. The minimum atomic E-state index is 0.401. The van der Waals surface area contributed by atoms with Crippen LogP contribution in [0.2, 0.25) is 0 Å². The Morgan fingerprint density at radius 1 is 0.895 bits per heavy atom. The van der Waals surface area contributed by atoms with Crippen molar-refractivity contribution in [1.82, 2.24) is 9.97 Å². The van der Waals surface area contributed by atoms with E-state index in [1.807, 2.05) is 26.0 Å². The van der Waals surface area contributed by atoms with Crippen molar-refractivity contribution in [2.24, 2.45) is 0 Å². The predicted molar refractivity (Wildman–Crippen MR) is 74.5 cm³/mol. The van der Waals surface area contributed by atoms with Crippen molar-refractivity contribution in [2.45, 2.75) is 13.8 Å². The van der Waals surface area contributed by atoms with Gasteiger partial charge in [0, 0.05) is 11.6 Å². The van der Waals surface area contributed by atoms with Crippen LogP contribution in [0.15, 0.2) is 18.2 Å². The molecular weight excluding hydrogens is 242 g/mol. The minimum Gasteiger partial charge on any atom is -0.497 e. The van der Waals surface area contributed by atoms with E-state index in [1.54, 1.807) is 20.3 Å². The van der Waals surface area contributed by atoms with E-state index in [4.69, 9.17) is 15.2 Å². The SMILES string of the molecule is COc1cc(OC)cc(-c2nc(C)c(C)nc2N)c1. The lowest BCUT2D eigenvalue weighted by Crippen LogP contribution is -2.02. The van der Waals surface area contributed by atoms with Crippen LogP contribution in [0.3, 0.4) is 0 Å². The zero-order chi connectivity index (χ0) is 14.0. The summed E-state index contributed by atoms with van der Waals surface area (Å²) in [5.41, 5.74) is 9.10. The van der Waals surface area contributed by atoms with Crippen molar-refractivity contribution in [3.63, 3.8) is 0 Å². The Morgan fingerprint density at radius 3 is 1.95 bits per heavy atom. The molecule has 0 atom stereocenters. The van der Waals surface area contributed by atoms with Crippen LogP contribution in [0.25, 0.3) is 11.3 Å². The number of nitrogen functional groups attached to an aromatic ring is 1. The standard InChI is InChI=1S/C14H17N3O2/c1-8-9(2)17-14(15)13(16-8)10-5-11(18-3)7-12(6-10)19-4/h5-7H,1-4H3,(H2,15,17). The second kappa shape index (κ2) is 5.14. The third-order valence-corrected chi connectivity index (χ3v) is 2.96. The summed E-state index contributed by atoms with van der Waals surface area (Å²) in [5.74, 6) is 1.78. The molecule has 2 N–H and O–H groups in total. The maximum absolute atomic E-state index is 5.95. The summed E-state index contributed by atoms with van der Waals surface area (Å²) < 4.78 is 10.5. The Kier molecular flexibility index (Phi) is 3.55. The first-order valence-electron chi connectivity index (χ1n) is 5.89. The van der Waals surface area contributed by atoms with Crippen LogP contribution < -0.4 is 15.2 Å². The Morgan fingerprint density at radius 2 is 1.42 bits per heavy atom. The number of hydrogen-bond acceptors (Lipinski definition) is 5. The molecule has 0 bridgehead atoms. The normalized spacial score (nSPS) is 10.3. The summed E-state index contributed by atoms with van der Waals surface area (Å²) in [7, 11) is 3.21. The topological polar surface area (TPSA) is 70.3 Å². The van der Waals surface area contributed by atoms with Gasteiger partial charge in [0.15, 0.2) is 0 Å². The molecule has 0 spiro atoms. The van der Waals surface area contributed by atoms with Gasteiger partial charge in [-0.3, -0.25) is 0 Å². The van der Waals surface area contributed by atoms with Gasteiger partial charge >= 0.3 is 0 Å². The van der Waals surface area contributed by atoms with Gasteiger partial charge in [0.2, 0.25) is 0 Å². The van der Waals surface area contributed by atoms with Gasteiger partial charge in [-0.2, -0.15) is 0 Å². The molecule has 0 saturated carbocycles. The molecule has 5 nitrogen and oxygen atoms in total. The molecule has 1 aromatic carbocycles. The van der Waals surface area contributed by atoms with Crippen LogP contribution in [0.5, 0.6) is 11.5 Å². The van der Waals surface area contributed by atoms with Crippen molar-refractivity contribution in [3.05, 3.63) is 29.6 Å². The molecule has 0 unspecified atom stereocenters. The van der Waals surface area contributed by atoms with E-state index in [-0.39, 0.29) is 0 Å². The van der Waals surface area contributed by atoms with E-state index in [2.05, 4.69) is 9.97 Å². The summed E-state index contributed by atoms with van der Waals surface area (Å²) in [6.07, 6.45) is 0. The zero-order valence-corrected chi connectivity index (χ0v) is 11.5. The lowest BCUT2D eigenvalue weighted by molar-refractivity contribution is 0.394. The monoisotopic (exact) mass is 259 g/mol. The maximum atomic E-state index is 5.95. The number of hydrogen-bond donors (Lipinski definition) is 1. The number of aryl methyl sites for hydroxylation is 2. The van der Waals surface area contributed by atoms with Crippen LogP contribution in [0.4, 0.5) is 5.82 Å². The maximum Gasteiger partial charge on any atom is 0.150 e. The highest BCUT2D eigenvalue weighted by atomic mass is 16.5. The van der Waals surface area contributed by atoms with Crippen LogP contribution >= 0.6 is 0 Å². The van der Waals surface area contributed by atoms with Gasteiger partial charge < -0.3 is 15.2 Å². The van der Waals surface area contributed by atoms with Crippen LogP contribution in [-0.4, -0.2) is 24.2 Å². The third kappa shape index (κ3) is 2.59. The highest BCUT2D eigenvalue weighted by Crippen LogP contribution is 2.31. The van der Waals surface area contributed by atoms with Crippen molar-refractivity contribution in [1.29, 1.82) is 0 Å². The zero-order valence-electron chi connectivity index (χ0n) is 11.5. The summed E-state index contributed by atoms with van der Waals surface area (Å²) in [5, 5.41) is 0. The highest BCUT2D eigenvalue weighted by Gasteiger charge is 2.11. The largest absolute Gasteiger partial charge is 0.497 e. The molecule has 0 aliphatic carbocycles. The molecule has 2 rings (SSSR count). The summed E-state index contributed by atoms with van der Waals surface area (Å²) >= 11 is 0. The predicted octanol–water partition coefficient (Wildman–Crippen LogP) is 2.36. The lowest BCUT2D eigenvalue weighted by atomic mass is 10.1. The molecule has 0 radical (unpaired) electrons. The lowest BCUT2D eigenvalue weighted by Gasteiger charge is -2.11. The molecule has 1 heterocycles. The van der Waals surface area contributed by atoms with Crippen LogP contribution in [0, 0.1) is 13.8 Å². The average Bonchev–Trinajstić information content (AvgIpc) is 2.42. The Bertz CT molecular complexity index is 590. The molecule has 5 heteroatoms. The molecular formula is C14H17N3O2. The van der Waals surface area contributed by atoms with Crippen LogP contribution in [-0.2, 0) is 0 Å². The summed E-state index contributed by atoms with van der Waals surface area (Å²) in [6, 6.07) is 5.52. The van der Waals surface area contributed by atoms with Crippen LogP contribution in [0.1, 0.15) is 11.4 Å². The van der Waals surface area contributed by atoms with Gasteiger partial charge in [0.1, 0.15) is 23.0 Å². The minimum absolute atomic E-state index is 0.401. The number of rotatable bonds is 3.